The van der Waals surface area contributed by atoms with Crippen LogP contribution in [-0.2, 0) is 10.2 Å². The second-order valence-corrected chi connectivity index (χ2v) is 8.63. The van der Waals surface area contributed by atoms with E-state index in [2.05, 4.69) is 6.07 Å². The van der Waals surface area contributed by atoms with Gasteiger partial charge in [0.25, 0.3) is 0 Å². The average Bonchev–Trinajstić information content (AvgIpc) is 3.41. The first kappa shape index (κ1) is 18.1. The zero-order valence-corrected chi connectivity index (χ0v) is 16.7. The van der Waals surface area contributed by atoms with Crippen LogP contribution in [0, 0.1) is 6.92 Å². The Morgan fingerprint density at radius 1 is 1.11 bits per heavy atom. The number of methoxy groups -OCH3 is 1. The van der Waals surface area contributed by atoms with Crippen LogP contribution in [0.15, 0.2) is 48.5 Å². The van der Waals surface area contributed by atoms with Crippen molar-refractivity contribution in [1.29, 1.82) is 0 Å². The van der Waals surface area contributed by atoms with Crippen LogP contribution in [0.5, 0.6) is 5.75 Å². The van der Waals surface area contributed by atoms with Crippen LogP contribution >= 0.6 is 22.9 Å². The van der Waals surface area contributed by atoms with Crippen molar-refractivity contribution in [2.45, 2.75) is 25.2 Å². The summed E-state index contributed by atoms with van der Waals surface area (Å²) in [6.07, 6.45) is 1.42. The lowest BCUT2D eigenvalue weighted by molar-refractivity contribution is -0.140. The quantitative estimate of drug-likeness (QED) is 0.559. The summed E-state index contributed by atoms with van der Waals surface area (Å²) in [7, 11) is 1.66. The molecule has 3 aromatic rings. The molecule has 1 aliphatic rings. The molecule has 1 aliphatic carbocycles. The molecule has 0 unspecified atom stereocenters. The number of ether oxygens (including phenoxy) is 1. The summed E-state index contributed by atoms with van der Waals surface area (Å²) in [4.78, 5) is 12.6. The van der Waals surface area contributed by atoms with Gasteiger partial charge in [0.05, 0.1) is 16.9 Å². The molecule has 3 nitrogen and oxygen atoms in total. The van der Waals surface area contributed by atoms with E-state index in [1.54, 1.807) is 18.4 Å². The fourth-order valence-corrected chi connectivity index (χ4v) is 4.81. The van der Waals surface area contributed by atoms with Gasteiger partial charge in [0.15, 0.2) is 0 Å². The third-order valence-electron chi connectivity index (χ3n) is 5.26. The Morgan fingerprint density at radius 3 is 2.30 bits per heavy atom. The second kappa shape index (κ2) is 6.70. The number of thiophene rings is 1. The lowest BCUT2D eigenvalue weighted by Gasteiger charge is -2.13. The molecular formula is C22H19ClO3S. The summed E-state index contributed by atoms with van der Waals surface area (Å²) < 4.78 is 6.41. The zero-order valence-electron chi connectivity index (χ0n) is 15.1. The molecule has 138 valence electrons. The van der Waals surface area contributed by atoms with Crippen molar-refractivity contribution >= 4 is 28.9 Å². The first-order chi connectivity index (χ1) is 12.9. The summed E-state index contributed by atoms with van der Waals surface area (Å²) in [5.74, 6) is 0.0469. The first-order valence-electron chi connectivity index (χ1n) is 8.73. The van der Waals surface area contributed by atoms with E-state index in [1.807, 2.05) is 49.4 Å². The molecular weight excluding hydrogens is 380 g/mol. The Kier molecular flexibility index (Phi) is 4.49. The van der Waals surface area contributed by atoms with Crippen molar-refractivity contribution in [3.8, 4) is 27.3 Å². The predicted molar refractivity (Wildman–Crippen MR) is 110 cm³/mol. The lowest BCUT2D eigenvalue weighted by Crippen LogP contribution is -2.19. The van der Waals surface area contributed by atoms with E-state index in [0.717, 1.165) is 42.8 Å². The number of rotatable bonds is 5. The lowest BCUT2D eigenvalue weighted by atomic mass is 9.93. The average molecular weight is 399 g/mol. The summed E-state index contributed by atoms with van der Waals surface area (Å²) in [5.41, 5.74) is 4.40. The maximum Gasteiger partial charge on any atom is 0.314 e. The highest BCUT2D eigenvalue weighted by Gasteiger charge is 2.51. The standard InChI is InChI=1S/C22H19ClO3S/c1-13-11-19(23)27-20(13)15-5-8-17(18(12-15)26-2)14-3-6-16(7-4-14)22(9-10-22)21(24)25/h3-8,11-12H,9-10H2,1-2H3,(H,24,25). The third kappa shape index (κ3) is 3.13. The van der Waals surface area contributed by atoms with Crippen LogP contribution in [0.2, 0.25) is 4.34 Å². The predicted octanol–water partition coefficient (Wildman–Crippen LogP) is 6.17. The number of benzene rings is 2. The number of carboxylic acids is 1. The van der Waals surface area contributed by atoms with E-state index in [-0.39, 0.29) is 0 Å². The molecule has 4 rings (SSSR count). The molecule has 0 saturated heterocycles. The normalized spacial score (nSPS) is 14.8. The Bertz CT molecular complexity index is 1020. The van der Waals surface area contributed by atoms with Gasteiger partial charge in [-0.2, -0.15) is 0 Å². The van der Waals surface area contributed by atoms with Gasteiger partial charge in [-0.3, -0.25) is 4.79 Å². The zero-order chi connectivity index (χ0) is 19.2. The maximum absolute atomic E-state index is 11.5. The number of halogens is 1. The van der Waals surface area contributed by atoms with E-state index in [9.17, 15) is 9.90 Å². The molecule has 27 heavy (non-hydrogen) atoms. The summed E-state index contributed by atoms with van der Waals surface area (Å²) in [6, 6.07) is 15.9. The Balaban J connectivity index is 1.70. The molecule has 0 amide bonds. The molecule has 0 aliphatic heterocycles. The SMILES string of the molecule is COc1cc(-c2sc(Cl)cc2C)ccc1-c1ccc(C2(C(=O)O)CC2)cc1. The minimum absolute atomic E-state index is 0.678. The minimum atomic E-state index is -0.734. The smallest absolute Gasteiger partial charge is 0.314 e. The van der Waals surface area contributed by atoms with E-state index in [0.29, 0.717) is 12.8 Å². The fourth-order valence-electron chi connectivity index (χ4n) is 3.52. The van der Waals surface area contributed by atoms with Gasteiger partial charge in [-0.1, -0.05) is 48.0 Å². The maximum atomic E-state index is 11.5. The molecule has 1 fully saturated rings. The molecule has 1 aromatic heterocycles. The van der Waals surface area contributed by atoms with Gasteiger partial charge < -0.3 is 9.84 Å². The van der Waals surface area contributed by atoms with Gasteiger partial charge in [0.2, 0.25) is 0 Å². The molecule has 0 radical (unpaired) electrons. The largest absolute Gasteiger partial charge is 0.496 e. The van der Waals surface area contributed by atoms with Crippen LogP contribution in [-0.4, -0.2) is 18.2 Å². The molecule has 1 heterocycles. The molecule has 0 spiro atoms. The monoisotopic (exact) mass is 398 g/mol. The molecule has 2 aromatic carbocycles. The van der Waals surface area contributed by atoms with E-state index in [1.165, 1.54) is 0 Å². The van der Waals surface area contributed by atoms with Crippen molar-refractivity contribution < 1.29 is 14.6 Å². The third-order valence-corrected chi connectivity index (χ3v) is 6.67. The molecule has 5 heteroatoms. The summed E-state index contributed by atoms with van der Waals surface area (Å²) in [5, 5.41) is 9.46. The Hall–Kier alpha value is -2.30. The van der Waals surface area contributed by atoms with Gasteiger partial charge in [-0.25, -0.2) is 0 Å². The molecule has 0 atom stereocenters. The van der Waals surface area contributed by atoms with Crippen LogP contribution in [0.25, 0.3) is 21.6 Å². The Morgan fingerprint density at radius 2 is 1.78 bits per heavy atom. The number of aliphatic carboxylic acids is 1. The van der Waals surface area contributed by atoms with E-state index in [4.69, 9.17) is 16.3 Å². The van der Waals surface area contributed by atoms with Crippen molar-refractivity contribution in [3.05, 3.63) is 64.0 Å². The highest BCUT2D eigenvalue weighted by Crippen LogP contribution is 2.49. The number of carboxylic acid groups (broad SMARTS) is 1. The van der Waals surface area contributed by atoms with Gasteiger partial charge in [-0.15, -0.1) is 11.3 Å². The number of hydrogen-bond acceptors (Lipinski definition) is 3. The molecule has 1 N–H and O–H groups in total. The number of carbonyl (C=O) groups is 1. The number of aryl methyl sites for hydroxylation is 1. The van der Waals surface area contributed by atoms with E-state index < -0.39 is 11.4 Å². The van der Waals surface area contributed by atoms with Gasteiger partial charge >= 0.3 is 5.97 Å². The summed E-state index contributed by atoms with van der Waals surface area (Å²) in [6.45, 7) is 2.05. The van der Waals surface area contributed by atoms with Gasteiger partial charge in [0.1, 0.15) is 5.75 Å². The van der Waals surface area contributed by atoms with Crippen LogP contribution in [0.1, 0.15) is 24.0 Å². The van der Waals surface area contributed by atoms with Crippen molar-refractivity contribution in [2.24, 2.45) is 0 Å². The summed E-state index contributed by atoms with van der Waals surface area (Å²) >= 11 is 7.70. The van der Waals surface area contributed by atoms with Crippen LogP contribution < -0.4 is 4.74 Å². The number of hydrogen-bond donors (Lipinski definition) is 1. The van der Waals surface area contributed by atoms with Crippen LogP contribution in [0.3, 0.4) is 0 Å². The van der Waals surface area contributed by atoms with E-state index >= 15 is 0 Å². The topological polar surface area (TPSA) is 46.5 Å². The first-order valence-corrected chi connectivity index (χ1v) is 9.93. The van der Waals surface area contributed by atoms with Crippen molar-refractivity contribution in [1.82, 2.24) is 0 Å². The molecule has 1 saturated carbocycles. The Labute approximate surface area is 167 Å². The van der Waals surface area contributed by atoms with Crippen LogP contribution in [0.4, 0.5) is 0 Å². The van der Waals surface area contributed by atoms with Gasteiger partial charge in [-0.05, 0) is 54.2 Å². The highest BCUT2D eigenvalue weighted by atomic mass is 35.5. The van der Waals surface area contributed by atoms with Crippen molar-refractivity contribution in [3.63, 3.8) is 0 Å². The molecule has 0 bridgehead atoms. The van der Waals surface area contributed by atoms with Gasteiger partial charge in [0, 0.05) is 10.4 Å². The van der Waals surface area contributed by atoms with Crippen molar-refractivity contribution in [2.75, 3.05) is 7.11 Å². The minimum Gasteiger partial charge on any atom is -0.496 e. The highest BCUT2D eigenvalue weighted by molar-refractivity contribution is 7.19. The second-order valence-electron chi connectivity index (χ2n) is 6.94. The fraction of sp³-hybridized carbons (Fsp3) is 0.227.